The van der Waals surface area contributed by atoms with E-state index in [1.165, 1.54) is 18.3 Å². The number of halogens is 1. The summed E-state index contributed by atoms with van der Waals surface area (Å²) in [6, 6.07) is 9.44. The van der Waals surface area contributed by atoms with Crippen LogP contribution in [0.15, 0.2) is 45.9 Å². The molecular formula is C14H12FN5O2S. The maximum absolute atomic E-state index is 12.8. The van der Waals surface area contributed by atoms with E-state index in [0.29, 0.717) is 22.4 Å². The van der Waals surface area contributed by atoms with E-state index in [-0.39, 0.29) is 12.4 Å². The van der Waals surface area contributed by atoms with Crippen molar-refractivity contribution in [3.05, 3.63) is 58.3 Å². The van der Waals surface area contributed by atoms with Gasteiger partial charge in [0, 0.05) is 6.07 Å². The van der Waals surface area contributed by atoms with Crippen LogP contribution in [0.4, 0.5) is 10.3 Å². The second-order valence-electron chi connectivity index (χ2n) is 4.46. The lowest BCUT2D eigenvalue weighted by atomic mass is 10.2. The summed E-state index contributed by atoms with van der Waals surface area (Å²) in [5.74, 6) is 0.955. The van der Waals surface area contributed by atoms with Crippen molar-refractivity contribution < 1.29 is 13.5 Å². The number of nitrogens with zero attached hydrogens (tertiary/aromatic N) is 2. The summed E-state index contributed by atoms with van der Waals surface area (Å²) in [4.78, 5) is 3.91. The summed E-state index contributed by atoms with van der Waals surface area (Å²) in [5.41, 5.74) is 3.50. The molecule has 0 aliphatic heterocycles. The molecule has 23 heavy (non-hydrogen) atoms. The lowest BCUT2D eigenvalue weighted by Crippen LogP contribution is -1.94. The van der Waals surface area contributed by atoms with Crippen LogP contribution in [0.1, 0.15) is 11.3 Å². The number of hydrazone groups is 1. The van der Waals surface area contributed by atoms with E-state index in [2.05, 4.69) is 25.7 Å². The molecule has 118 valence electrons. The van der Waals surface area contributed by atoms with Gasteiger partial charge in [-0.2, -0.15) is 10.1 Å². The minimum Gasteiger partial charge on any atom is -0.460 e. The van der Waals surface area contributed by atoms with Crippen molar-refractivity contribution in [2.45, 2.75) is 6.61 Å². The molecule has 0 aliphatic carbocycles. The van der Waals surface area contributed by atoms with Gasteiger partial charge in [0.1, 0.15) is 12.4 Å². The number of rotatable bonds is 6. The second kappa shape index (κ2) is 6.88. The van der Waals surface area contributed by atoms with Crippen LogP contribution in [0.25, 0.3) is 0 Å². The molecular weight excluding hydrogens is 321 g/mol. The van der Waals surface area contributed by atoms with Crippen molar-refractivity contribution in [1.82, 2.24) is 15.2 Å². The normalized spacial score (nSPS) is 11.0. The van der Waals surface area contributed by atoms with Crippen molar-refractivity contribution in [1.29, 1.82) is 0 Å². The lowest BCUT2D eigenvalue weighted by Gasteiger charge is -2.02. The largest absolute Gasteiger partial charge is 0.460 e. The molecule has 2 heterocycles. The van der Waals surface area contributed by atoms with E-state index >= 15 is 0 Å². The van der Waals surface area contributed by atoms with Gasteiger partial charge in [-0.3, -0.25) is 10.2 Å². The van der Waals surface area contributed by atoms with Crippen molar-refractivity contribution in [2.75, 3.05) is 5.43 Å². The Morgan fingerprint density at radius 1 is 1.26 bits per heavy atom. The fourth-order valence-electron chi connectivity index (χ4n) is 1.70. The number of ether oxygens (including phenoxy) is 1. The maximum atomic E-state index is 12.8. The fraction of sp³-hybridized carbons (Fsp3) is 0.0714. The Morgan fingerprint density at radius 2 is 2.09 bits per heavy atom. The average Bonchev–Trinajstić information content (AvgIpc) is 3.16. The highest BCUT2D eigenvalue weighted by Crippen LogP contribution is 2.16. The summed E-state index contributed by atoms with van der Waals surface area (Å²) in [5, 5.41) is 9.27. The molecule has 9 heteroatoms. The molecule has 0 unspecified atom stereocenters. The molecule has 3 rings (SSSR count). The Balaban J connectivity index is 1.53. The van der Waals surface area contributed by atoms with Gasteiger partial charge in [-0.15, -0.1) is 0 Å². The van der Waals surface area contributed by atoms with Crippen LogP contribution < -0.4 is 10.2 Å². The molecule has 1 aromatic carbocycles. The number of aromatic nitrogens is 3. The number of hydrogen-bond donors (Lipinski definition) is 3. The van der Waals surface area contributed by atoms with Crippen molar-refractivity contribution in [2.24, 2.45) is 5.10 Å². The van der Waals surface area contributed by atoms with E-state index in [0.717, 1.165) is 5.56 Å². The highest BCUT2D eigenvalue weighted by atomic mass is 32.1. The number of H-pyrrole nitrogens is 2. The third kappa shape index (κ3) is 4.27. The summed E-state index contributed by atoms with van der Waals surface area (Å²) in [7, 11) is 0. The predicted octanol–water partition coefficient (Wildman–Crippen LogP) is 3.22. The van der Waals surface area contributed by atoms with Crippen LogP contribution in [0.5, 0.6) is 5.95 Å². The van der Waals surface area contributed by atoms with E-state index in [1.54, 1.807) is 24.3 Å². The van der Waals surface area contributed by atoms with E-state index in [9.17, 15) is 4.39 Å². The average molecular weight is 333 g/mol. The smallest absolute Gasteiger partial charge is 0.285 e. The zero-order valence-corrected chi connectivity index (χ0v) is 12.6. The van der Waals surface area contributed by atoms with Crippen molar-refractivity contribution in [3.63, 3.8) is 0 Å². The van der Waals surface area contributed by atoms with Gasteiger partial charge in [0.2, 0.25) is 10.7 Å². The first kappa shape index (κ1) is 15.0. The number of nitrogens with one attached hydrogen (secondary N) is 3. The highest BCUT2D eigenvalue weighted by molar-refractivity contribution is 7.71. The molecule has 0 bridgehead atoms. The maximum Gasteiger partial charge on any atom is 0.285 e. The van der Waals surface area contributed by atoms with Crippen LogP contribution in [0, 0.1) is 10.6 Å². The summed E-state index contributed by atoms with van der Waals surface area (Å²) in [6.07, 6.45) is 1.47. The molecule has 0 saturated carbocycles. The molecule has 2 aromatic heterocycles. The minimum absolute atomic E-state index is 0.282. The van der Waals surface area contributed by atoms with Gasteiger partial charge in [0.15, 0.2) is 5.76 Å². The molecule has 3 aromatic rings. The first-order chi connectivity index (χ1) is 11.2. The van der Waals surface area contributed by atoms with Gasteiger partial charge in [-0.1, -0.05) is 12.1 Å². The molecule has 0 amide bonds. The zero-order valence-electron chi connectivity index (χ0n) is 11.7. The van der Waals surface area contributed by atoms with E-state index < -0.39 is 0 Å². The van der Waals surface area contributed by atoms with Gasteiger partial charge in [-0.05, 0) is 36.0 Å². The minimum atomic E-state index is -0.282. The summed E-state index contributed by atoms with van der Waals surface area (Å²) >= 11 is 4.81. The Labute approximate surface area is 135 Å². The van der Waals surface area contributed by atoms with Gasteiger partial charge in [-0.25, -0.2) is 9.82 Å². The van der Waals surface area contributed by atoms with Gasteiger partial charge >= 0.3 is 0 Å². The summed E-state index contributed by atoms with van der Waals surface area (Å²) < 4.78 is 24.0. The molecule has 0 aliphatic rings. The van der Waals surface area contributed by atoms with Gasteiger partial charge in [0.25, 0.3) is 5.95 Å². The first-order valence-electron chi connectivity index (χ1n) is 6.60. The topological polar surface area (TPSA) is 91.2 Å². The molecule has 0 atom stereocenters. The number of aromatic amines is 2. The van der Waals surface area contributed by atoms with Crippen LogP contribution in [-0.4, -0.2) is 21.4 Å². The third-order valence-electron chi connectivity index (χ3n) is 2.76. The molecule has 0 radical (unpaired) electrons. The number of furan rings is 1. The van der Waals surface area contributed by atoms with Gasteiger partial charge in [0.05, 0.1) is 6.21 Å². The number of anilines is 1. The number of benzene rings is 1. The van der Waals surface area contributed by atoms with Gasteiger partial charge < -0.3 is 9.15 Å². The standard InChI is InChI=1S/C14H12FN5O2S/c15-10-3-1-9(2-4-10)8-21-12-6-5-11(22-12)7-16-18-13-17-14(23)20-19-13/h1-7H,8H2,(H3,17,18,19,20,23)/b16-7+. The Morgan fingerprint density at radius 3 is 2.83 bits per heavy atom. The summed E-state index contributed by atoms with van der Waals surface area (Å²) in [6.45, 7) is 0.284. The van der Waals surface area contributed by atoms with Crippen LogP contribution >= 0.6 is 12.2 Å². The second-order valence-corrected chi connectivity index (χ2v) is 4.84. The zero-order chi connectivity index (χ0) is 16.1. The Kier molecular flexibility index (Phi) is 4.48. The molecule has 0 fully saturated rings. The molecule has 0 saturated heterocycles. The van der Waals surface area contributed by atoms with E-state index in [1.807, 2.05) is 0 Å². The quantitative estimate of drug-likeness (QED) is 0.366. The Hall–Kier alpha value is -2.94. The Bertz CT molecular complexity index is 852. The molecule has 0 spiro atoms. The van der Waals surface area contributed by atoms with Crippen LogP contribution in [0.3, 0.4) is 0 Å². The highest BCUT2D eigenvalue weighted by Gasteiger charge is 2.02. The van der Waals surface area contributed by atoms with Crippen LogP contribution in [0.2, 0.25) is 0 Å². The number of hydrogen-bond acceptors (Lipinski definition) is 6. The monoisotopic (exact) mass is 333 g/mol. The van der Waals surface area contributed by atoms with Crippen LogP contribution in [-0.2, 0) is 6.61 Å². The van der Waals surface area contributed by atoms with Crippen molar-refractivity contribution >= 4 is 24.4 Å². The van der Waals surface area contributed by atoms with E-state index in [4.69, 9.17) is 21.4 Å². The SMILES string of the molecule is Fc1ccc(COc2ccc(/C=N/Nc3nc(=S)[nH][nH]3)o2)cc1. The fourth-order valence-corrected chi connectivity index (χ4v) is 1.84. The molecule has 7 nitrogen and oxygen atoms in total. The first-order valence-corrected chi connectivity index (χ1v) is 7.01. The molecule has 3 N–H and O–H groups in total. The predicted molar refractivity (Wildman–Crippen MR) is 84.4 cm³/mol. The third-order valence-corrected chi connectivity index (χ3v) is 2.95. The lowest BCUT2D eigenvalue weighted by molar-refractivity contribution is 0.231. The van der Waals surface area contributed by atoms with Crippen molar-refractivity contribution in [3.8, 4) is 5.95 Å².